The summed E-state index contributed by atoms with van der Waals surface area (Å²) in [5.74, 6) is -0.106. The van der Waals surface area contributed by atoms with Crippen molar-refractivity contribution in [3.05, 3.63) is 0 Å². The lowest BCUT2D eigenvalue weighted by Crippen LogP contribution is -2.42. The molecule has 1 fully saturated rings. The average molecular weight is 325 g/mol. The molecule has 0 bridgehead atoms. The second kappa shape index (κ2) is 5.54. The standard InChI is InChI=1S/C8H14F3NO5S2/c1-6(7-4-2-3-5-7)17-19(15,16)12-18(13,14)8(9,10)11/h6-7,12H,2-5H2,1H3. The van der Waals surface area contributed by atoms with Crippen molar-refractivity contribution in [1.82, 2.24) is 4.13 Å². The zero-order chi connectivity index (χ0) is 14.9. The van der Waals surface area contributed by atoms with Crippen LogP contribution in [0.1, 0.15) is 32.6 Å². The van der Waals surface area contributed by atoms with Gasteiger partial charge in [0.1, 0.15) is 0 Å². The van der Waals surface area contributed by atoms with Crippen LogP contribution in [0.2, 0.25) is 0 Å². The van der Waals surface area contributed by atoms with Gasteiger partial charge in [0.2, 0.25) is 0 Å². The molecule has 0 spiro atoms. The molecule has 0 aromatic carbocycles. The number of hydrogen-bond donors (Lipinski definition) is 1. The molecule has 1 aliphatic carbocycles. The normalized spacial score (nSPS) is 20.6. The smallest absolute Gasteiger partial charge is 0.254 e. The molecule has 0 saturated heterocycles. The van der Waals surface area contributed by atoms with Crippen molar-refractivity contribution in [1.29, 1.82) is 0 Å². The van der Waals surface area contributed by atoms with Crippen LogP contribution in [0.5, 0.6) is 0 Å². The van der Waals surface area contributed by atoms with Crippen LogP contribution in [0.4, 0.5) is 13.2 Å². The Kier molecular flexibility index (Phi) is 4.86. The average Bonchev–Trinajstić information content (AvgIpc) is 2.64. The zero-order valence-electron chi connectivity index (χ0n) is 9.97. The molecule has 1 atom stereocenters. The van der Waals surface area contributed by atoms with E-state index in [9.17, 15) is 30.0 Å². The minimum Gasteiger partial charge on any atom is -0.254 e. The highest BCUT2D eigenvalue weighted by molar-refractivity contribution is 8.03. The van der Waals surface area contributed by atoms with Crippen LogP contribution in [-0.2, 0) is 24.5 Å². The fourth-order valence-electron chi connectivity index (χ4n) is 1.91. The molecule has 0 amide bonds. The van der Waals surface area contributed by atoms with E-state index < -0.39 is 31.9 Å². The third kappa shape index (κ3) is 4.58. The van der Waals surface area contributed by atoms with Gasteiger partial charge in [-0.15, -0.1) is 0 Å². The molecular weight excluding hydrogens is 311 g/mol. The number of hydrogen-bond acceptors (Lipinski definition) is 5. The first-order chi connectivity index (χ1) is 8.45. The lowest BCUT2D eigenvalue weighted by atomic mass is 10.0. The highest BCUT2D eigenvalue weighted by Crippen LogP contribution is 2.30. The van der Waals surface area contributed by atoms with Crippen LogP contribution in [0, 0.1) is 5.92 Å². The van der Waals surface area contributed by atoms with Crippen LogP contribution >= 0.6 is 0 Å². The number of sulfonamides is 1. The van der Waals surface area contributed by atoms with Crippen LogP contribution in [0.3, 0.4) is 0 Å². The first-order valence-corrected chi connectivity index (χ1v) is 8.37. The Labute approximate surface area is 109 Å². The molecule has 6 nitrogen and oxygen atoms in total. The van der Waals surface area contributed by atoms with E-state index in [4.69, 9.17) is 0 Å². The largest absolute Gasteiger partial charge is 0.512 e. The molecule has 1 rings (SSSR count). The zero-order valence-corrected chi connectivity index (χ0v) is 11.6. The van der Waals surface area contributed by atoms with E-state index in [0.29, 0.717) is 17.0 Å². The Morgan fingerprint density at radius 1 is 1.16 bits per heavy atom. The molecule has 1 unspecified atom stereocenters. The molecule has 19 heavy (non-hydrogen) atoms. The molecule has 1 N–H and O–H groups in total. The van der Waals surface area contributed by atoms with Crippen molar-refractivity contribution in [3.63, 3.8) is 0 Å². The van der Waals surface area contributed by atoms with Crippen molar-refractivity contribution >= 4 is 20.3 Å². The second-order valence-corrected chi connectivity index (χ2v) is 7.57. The lowest BCUT2D eigenvalue weighted by molar-refractivity contribution is -0.0442. The first kappa shape index (κ1) is 16.7. The van der Waals surface area contributed by atoms with Crippen LogP contribution in [0.15, 0.2) is 0 Å². The summed E-state index contributed by atoms with van der Waals surface area (Å²) < 4.78 is 84.9. The summed E-state index contributed by atoms with van der Waals surface area (Å²) in [5, 5.41) is 0. The van der Waals surface area contributed by atoms with Crippen molar-refractivity contribution in [3.8, 4) is 0 Å². The molecule has 1 saturated carbocycles. The maximum absolute atomic E-state index is 12.0. The van der Waals surface area contributed by atoms with E-state index in [-0.39, 0.29) is 5.92 Å². The fourth-order valence-corrected chi connectivity index (χ4v) is 4.07. The third-order valence-electron chi connectivity index (χ3n) is 2.86. The van der Waals surface area contributed by atoms with Gasteiger partial charge in [0.15, 0.2) is 0 Å². The van der Waals surface area contributed by atoms with Crippen LogP contribution in [-0.4, -0.2) is 28.4 Å². The van der Waals surface area contributed by atoms with E-state index in [1.54, 1.807) is 0 Å². The van der Waals surface area contributed by atoms with Crippen molar-refractivity contribution in [2.45, 2.75) is 44.2 Å². The Morgan fingerprint density at radius 2 is 1.63 bits per heavy atom. The fraction of sp³-hybridized carbons (Fsp3) is 1.00. The van der Waals surface area contributed by atoms with E-state index in [1.807, 2.05) is 0 Å². The van der Waals surface area contributed by atoms with Gasteiger partial charge >= 0.3 is 25.8 Å². The molecule has 1 aliphatic rings. The van der Waals surface area contributed by atoms with Crippen molar-refractivity contribution in [2.24, 2.45) is 5.92 Å². The Bertz CT molecular complexity index is 507. The molecule has 0 aliphatic heterocycles. The summed E-state index contributed by atoms with van der Waals surface area (Å²) in [4.78, 5) is 0. The summed E-state index contributed by atoms with van der Waals surface area (Å²) in [5.41, 5.74) is -5.71. The van der Waals surface area contributed by atoms with Crippen LogP contribution in [0.25, 0.3) is 0 Å². The number of rotatable bonds is 5. The molecule has 0 radical (unpaired) electrons. The topological polar surface area (TPSA) is 89.5 Å². The van der Waals surface area contributed by atoms with Crippen molar-refractivity contribution in [2.75, 3.05) is 0 Å². The van der Waals surface area contributed by atoms with Gasteiger partial charge in [-0.25, -0.2) is 8.42 Å². The second-order valence-electron chi connectivity index (χ2n) is 4.33. The minimum atomic E-state index is -5.99. The number of alkyl halides is 3. The summed E-state index contributed by atoms with van der Waals surface area (Å²) >= 11 is 0. The third-order valence-corrected chi connectivity index (χ3v) is 5.72. The summed E-state index contributed by atoms with van der Waals surface area (Å²) in [7, 11) is -11.0. The molecule has 0 aromatic rings. The Hall–Kier alpha value is -0.390. The van der Waals surface area contributed by atoms with E-state index >= 15 is 0 Å². The molecule has 0 aromatic heterocycles. The Balaban J connectivity index is 2.72. The molecular formula is C8H14F3NO5S2. The first-order valence-electron chi connectivity index (χ1n) is 5.48. The highest BCUT2D eigenvalue weighted by atomic mass is 32.3. The Morgan fingerprint density at radius 3 is 2.05 bits per heavy atom. The summed E-state index contributed by atoms with van der Waals surface area (Å²) in [6, 6.07) is 0. The maximum atomic E-state index is 12.0. The van der Waals surface area contributed by atoms with E-state index in [0.717, 1.165) is 12.8 Å². The predicted molar refractivity (Wildman–Crippen MR) is 59.5 cm³/mol. The molecule has 114 valence electrons. The summed E-state index contributed by atoms with van der Waals surface area (Å²) in [6.07, 6.45) is 2.29. The predicted octanol–water partition coefficient (Wildman–Crippen LogP) is 1.27. The van der Waals surface area contributed by atoms with Gasteiger partial charge in [-0.2, -0.15) is 21.6 Å². The lowest BCUT2D eigenvalue weighted by Gasteiger charge is -2.19. The highest BCUT2D eigenvalue weighted by Gasteiger charge is 2.49. The molecule has 11 heteroatoms. The van der Waals surface area contributed by atoms with Crippen molar-refractivity contribution < 1.29 is 34.2 Å². The quantitative estimate of drug-likeness (QED) is 0.822. The van der Waals surface area contributed by atoms with Gasteiger partial charge in [-0.05, 0) is 25.7 Å². The van der Waals surface area contributed by atoms with Crippen LogP contribution < -0.4 is 4.13 Å². The van der Waals surface area contributed by atoms with E-state index in [1.165, 1.54) is 6.92 Å². The SMILES string of the molecule is CC(OS(=O)(=O)NS(=O)(=O)C(F)(F)F)C1CCCC1. The summed E-state index contributed by atoms with van der Waals surface area (Å²) in [6.45, 7) is 1.38. The maximum Gasteiger partial charge on any atom is 0.512 e. The van der Waals surface area contributed by atoms with Gasteiger partial charge in [-0.1, -0.05) is 17.0 Å². The van der Waals surface area contributed by atoms with E-state index in [2.05, 4.69) is 4.18 Å². The monoisotopic (exact) mass is 325 g/mol. The number of halogens is 3. The van der Waals surface area contributed by atoms with Gasteiger partial charge in [0.05, 0.1) is 6.10 Å². The minimum absolute atomic E-state index is 0.106. The van der Waals surface area contributed by atoms with Gasteiger partial charge < -0.3 is 0 Å². The van der Waals surface area contributed by atoms with Gasteiger partial charge in [0.25, 0.3) is 0 Å². The molecule has 0 heterocycles. The number of nitrogens with one attached hydrogen (secondary N) is 1. The van der Waals surface area contributed by atoms with Gasteiger partial charge in [0, 0.05) is 0 Å². The van der Waals surface area contributed by atoms with Gasteiger partial charge in [-0.3, -0.25) is 4.18 Å².